The molecule has 0 bridgehead atoms. The molecule has 2 aliphatic heterocycles. The lowest BCUT2D eigenvalue weighted by molar-refractivity contribution is 0.275. The van der Waals surface area contributed by atoms with Crippen LogP contribution >= 0.6 is 0 Å². The van der Waals surface area contributed by atoms with Gasteiger partial charge in [-0.05, 0) is 29.8 Å². The second-order valence-corrected chi connectivity index (χ2v) is 12.4. The van der Waals surface area contributed by atoms with Crippen LogP contribution in [0, 0.1) is 0 Å². The molecular weight excluding hydrogens is 486 g/mol. The Morgan fingerprint density at radius 1 is 0.800 bits per heavy atom. The third-order valence-corrected chi connectivity index (χ3v) is 9.56. The van der Waals surface area contributed by atoms with E-state index in [0.29, 0.717) is 37.6 Å². The van der Waals surface area contributed by atoms with Crippen LogP contribution in [0.5, 0.6) is 5.75 Å². The fourth-order valence-electron chi connectivity index (χ4n) is 4.59. The highest BCUT2D eigenvalue weighted by molar-refractivity contribution is 7.92. The minimum atomic E-state index is -3.87. The van der Waals surface area contributed by atoms with Gasteiger partial charge >= 0.3 is 0 Å². The molecule has 2 aliphatic rings. The van der Waals surface area contributed by atoms with Crippen LogP contribution in [0.4, 0.5) is 11.4 Å². The van der Waals surface area contributed by atoms with Crippen molar-refractivity contribution in [2.75, 3.05) is 48.2 Å². The summed E-state index contributed by atoms with van der Waals surface area (Å²) in [6, 6.07) is 22.9. The molecule has 2 heterocycles. The zero-order valence-electron chi connectivity index (χ0n) is 19.3. The van der Waals surface area contributed by atoms with E-state index in [-0.39, 0.29) is 11.5 Å². The summed E-state index contributed by atoms with van der Waals surface area (Å²) >= 11 is 0. The highest BCUT2D eigenvalue weighted by atomic mass is 32.2. The maximum atomic E-state index is 13.8. The topological polar surface area (TPSA) is 87.2 Å². The third-order valence-electron chi connectivity index (χ3n) is 6.42. The Morgan fingerprint density at radius 2 is 1.43 bits per heavy atom. The highest BCUT2D eigenvalue weighted by Gasteiger charge is 2.38. The minimum Gasteiger partial charge on any atom is -0.489 e. The molecule has 10 heteroatoms. The van der Waals surface area contributed by atoms with Crippen molar-refractivity contribution < 1.29 is 21.6 Å². The Balaban J connectivity index is 1.51. The normalized spacial score (nSPS) is 19.2. The van der Waals surface area contributed by atoms with E-state index in [0.717, 1.165) is 11.3 Å². The molecule has 35 heavy (non-hydrogen) atoms. The molecule has 3 aromatic carbocycles. The number of anilines is 2. The van der Waals surface area contributed by atoms with Crippen LogP contribution in [0.25, 0.3) is 0 Å². The van der Waals surface area contributed by atoms with Crippen molar-refractivity contribution in [2.45, 2.75) is 10.9 Å². The summed E-state index contributed by atoms with van der Waals surface area (Å²) in [5, 5.41) is 0. The first-order valence-corrected chi connectivity index (χ1v) is 14.7. The first-order chi connectivity index (χ1) is 16.7. The van der Waals surface area contributed by atoms with Gasteiger partial charge in [0.1, 0.15) is 18.4 Å². The van der Waals surface area contributed by atoms with Crippen LogP contribution in [-0.2, 0) is 20.0 Å². The van der Waals surface area contributed by atoms with Crippen molar-refractivity contribution in [1.82, 2.24) is 4.31 Å². The van der Waals surface area contributed by atoms with Gasteiger partial charge in [0.2, 0.25) is 10.0 Å². The molecule has 1 saturated heterocycles. The average Bonchev–Trinajstić information content (AvgIpc) is 2.88. The first-order valence-electron chi connectivity index (χ1n) is 11.4. The van der Waals surface area contributed by atoms with E-state index >= 15 is 0 Å². The standard InChI is InChI=1S/C25H27N3O5S2/c1-34(29,30)27-16-14-26(15-17-27)21-12-13-23-25(18-21)33-19-24(20-8-4-2-5-9-20)28(23)35(31,32)22-10-6-3-7-11-22/h2-13,18,24H,14-17,19H2,1H3. The number of nitrogens with zero attached hydrogens (tertiary/aromatic N) is 3. The largest absolute Gasteiger partial charge is 0.489 e. The maximum Gasteiger partial charge on any atom is 0.265 e. The Hall–Kier alpha value is -3.08. The van der Waals surface area contributed by atoms with Gasteiger partial charge in [0.05, 0.1) is 16.8 Å². The maximum absolute atomic E-state index is 13.8. The zero-order valence-corrected chi connectivity index (χ0v) is 21.0. The molecular formula is C25H27N3O5S2. The number of ether oxygens (including phenoxy) is 1. The van der Waals surface area contributed by atoms with Gasteiger partial charge in [-0.2, -0.15) is 4.31 Å². The Morgan fingerprint density at radius 3 is 2.06 bits per heavy atom. The van der Waals surface area contributed by atoms with Crippen LogP contribution in [0.15, 0.2) is 83.8 Å². The fraction of sp³-hybridized carbons (Fsp3) is 0.280. The summed E-state index contributed by atoms with van der Waals surface area (Å²) in [6.45, 7) is 2.08. The monoisotopic (exact) mass is 513 g/mol. The minimum absolute atomic E-state index is 0.175. The second-order valence-electron chi connectivity index (χ2n) is 8.65. The summed E-state index contributed by atoms with van der Waals surface area (Å²) < 4.78 is 60.4. The molecule has 5 rings (SSSR count). The van der Waals surface area contributed by atoms with Gasteiger partial charge in [0, 0.05) is 37.9 Å². The molecule has 1 atom stereocenters. The lowest BCUT2D eigenvalue weighted by Gasteiger charge is -2.39. The smallest absolute Gasteiger partial charge is 0.265 e. The highest BCUT2D eigenvalue weighted by Crippen LogP contribution is 2.44. The van der Waals surface area contributed by atoms with Gasteiger partial charge in [-0.15, -0.1) is 0 Å². The molecule has 0 amide bonds. The zero-order chi connectivity index (χ0) is 24.6. The summed E-state index contributed by atoms with van der Waals surface area (Å²) in [4.78, 5) is 2.31. The molecule has 184 valence electrons. The molecule has 0 radical (unpaired) electrons. The number of sulfonamides is 2. The Kier molecular flexibility index (Phi) is 6.20. The van der Waals surface area contributed by atoms with Crippen LogP contribution < -0.4 is 13.9 Å². The van der Waals surface area contributed by atoms with Gasteiger partial charge in [0.15, 0.2) is 0 Å². The van der Waals surface area contributed by atoms with Gasteiger partial charge in [-0.25, -0.2) is 16.8 Å². The van der Waals surface area contributed by atoms with Gasteiger partial charge in [0.25, 0.3) is 10.0 Å². The SMILES string of the molecule is CS(=O)(=O)N1CCN(c2ccc3c(c2)OCC(c2ccccc2)N3S(=O)(=O)c2ccccc2)CC1. The van der Waals surface area contributed by atoms with Gasteiger partial charge < -0.3 is 9.64 Å². The van der Waals surface area contributed by atoms with Crippen molar-refractivity contribution in [1.29, 1.82) is 0 Å². The quantitative estimate of drug-likeness (QED) is 0.521. The van der Waals surface area contributed by atoms with Gasteiger partial charge in [-0.3, -0.25) is 4.31 Å². The van der Waals surface area contributed by atoms with E-state index in [2.05, 4.69) is 4.90 Å². The number of rotatable bonds is 5. The van der Waals surface area contributed by atoms with Crippen molar-refractivity contribution in [2.24, 2.45) is 0 Å². The van der Waals surface area contributed by atoms with E-state index in [4.69, 9.17) is 4.74 Å². The number of hydrogen-bond donors (Lipinski definition) is 0. The molecule has 8 nitrogen and oxygen atoms in total. The molecule has 1 unspecified atom stereocenters. The predicted octanol–water partition coefficient (Wildman–Crippen LogP) is 3.10. The summed E-state index contributed by atoms with van der Waals surface area (Å²) in [7, 11) is -7.09. The van der Waals surface area contributed by atoms with Crippen molar-refractivity contribution in [3.63, 3.8) is 0 Å². The molecule has 0 saturated carbocycles. The van der Waals surface area contributed by atoms with E-state index in [9.17, 15) is 16.8 Å². The van der Waals surface area contributed by atoms with E-state index in [1.807, 2.05) is 42.5 Å². The van der Waals surface area contributed by atoms with Crippen LogP contribution in [0.2, 0.25) is 0 Å². The first kappa shape index (κ1) is 23.7. The lowest BCUT2D eigenvalue weighted by Crippen LogP contribution is -2.48. The lowest BCUT2D eigenvalue weighted by atomic mass is 10.1. The third kappa shape index (κ3) is 4.61. The van der Waals surface area contributed by atoms with Crippen LogP contribution in [-0.4, -0.2) is 60.2 Å². The molecule has 3 aromatic rings. The molecule has 0 aromatic heterocycles. The van der Waals surface area contributed by atoms with Crippen LogP contribution in [0.1, 0.15) is 11.6 Å². The van der Waals surface area contributed by atoms with E-state index in [1.54, 1.807) is 36.4 Å². The Labute approximate surface area is 206 Å². The number of piperazine rings is 1. The predicted molar refractivity (Wildman–Crippen MR) is 136 cm³/mol. The van der Waals surface area contributed by atoms with E-state index < -0.39 is 26.1 Å². The number of benzene rings is 3. The summed E-state index contributed by atoms with van der Waals surface area (Å²) in [5.74, 6) is 0.486. The van der Waals surface area contributed by atoms with Crippen molar-refractivity contribution in [3.05, 3.63) is 84.4 Å². The van der Waals surface area contributed by atoms with Gasteiger partial charge in [-0.1, -0.05) is 48.5 Å². The second kappa shape index (κ2) is 9.18. The summed E-state index contributed by atoms with van der Waals surface area (Å²) in [5.41, 5.74) is 2.19. The van der Waals surface area contributed by atoms with Crippen molar-refractivity contribution >= 4 is 31.4 Å². The number of fused-ring (bicyclic) bond motifs is 1. The average molecular weight is 514 g/mol. The number of hydrogen-bond acceptors (Lipinski definition) is 6. The molecule has 1 fully saturated rings. The van der Waals surface area contributed by atoms with Crippen molar-refractivity contribution in [3.8, 4) is 5.75 Å². The molecule has 0 spiro atoms. The molecule has 0 aliphatic carbocycles. The Bertz CT molecular complexity index is 1410. The fourth-order valence-corrected chi connectivity index (χ4v) is 7.07. The molecule has 0 N–H and O–H groups in total. The summed E-state index contributed by atoms with van der Waals surface area (Å²) in [6.07, 6.45) is 1.22. The van der Waals surface area contributed by atoms with E-state index in [1.165, 1.54) is 14.9 Å². The van der Waals surface area contributed by atoms with Crippen LogP contribution in [0.3, 0.4) is 0 Å².